The minimum absolute atomic E-state index is 0.237. The van der Waals surface area contributed by atoms with Crippen molar-refractivity contribution in [1.82, 2.24) is 15.9 Å². The Morgan fingerprint density at radius 1 is 0.939 bits per heavy atom. The van der Waals surface area contributed by atoms with E-state index in [-0.39, 0.29) is 12.2 Å². The zero-order valence-corrected chi connectivity index (χ0v) is 19.1. The molecule has 0 aliphatic carbocycles. The third-order valence-corrected chi connectivity index (χ3v) is 5.74. The van der Waals surface area contributed by atoms with Gasteiger partial charge in [-0.2, -0.15) is 0 Å². The standard InChI is InChI=1S/C26H31N3O4/c1-3-29(4-2)15-7-8-19-16-22-9-5-6-10-24(22)23(17-19)18-33-28-26(31)21-13-11-20(12-14-21)25(30)27-32/h5-6,9-14,16-17,32H,3-4,7-8,15,18H2,1-2H3,(H,27,30)(H,28,31). The topological polar surface area (TPSA) is 90.9 Å². The number of nitrogens with one attached hydrogen (secondary N) is 2. The van der Waals surface area contributed by atoms with Crippen LogP contribution < -0.4 is 11.0 Å². The van der Waals surface area contributed by atoms with Gasteiger partial charge in [-0.05, 0) is 78.6 Å². The second-order valence-electron chi connectivity index (χ2n) is 7.84. The number of carbonyl (C=O) groups is 2. The highest BCUT2D eigenvalue weighted by Crippen LogP contribution is 2.23. The minimum atomic E-state index is -0.637. The summed E-state index contributed by atoms with van der Waals surface area (Å²) in [5, 5.41) is 10.9. The van der Waals surface area contributed by atoms with Crippen LogP contribution in [0.2, 0.25) is 0 Å². The van der Waals surface area contributed by atoms with E-state index in [0.717, 1.165) is 48.8 Å². The molecule has 0 radical (unpaired) electrons. The van der Waals surface area contributed by atoms with Crippen LogP contribution in [0.1, 0.15) is 52.1 Å². The average molecular weight is 450 g/mol. The Balaban J connectivity index is 1.64. The molecule has 0 saturated heterocycles. The van der Waals surface area contributed by atoms with Crippen LogP contribution in [0.25, 0.3) is 10.8 Å². The Hall–Kier alpha value is -3.26. The lowest BCUT2D eigenvalue weighted by Crippen LogP contribution is -2.24. The summed E-state index contributed by atoms with van der Waals surface area (Å²) in [6, 6.07) is 18.4. The number of carbonyl (C=O) groups excluding carboxylic acids is 2. The van der Waals surface area contributed by atoms with Gasteiger partial charge >= 0.3 is 0 Å². The predicted octanol–water partition coefficient (Wildman–Crippen LogP) is 4.09. The molecule has 3 aromatic carbocycles. The highest BCUT2D eigenvalue weighted by molar-refractivity contribution is 5.97. The van der Waals surface area contributed by atoms with Gasteiger partial charge < -0.3 is 4.90 Å². The van der Waals surface area contributed by atoms with Crippen molar-refractivity contribution in [2.24, 2.45) is 0 Å². The van der Waals surface area contributed by atoms with Gasteiger partial charge in [-0.25, -0.2) is 11.0 Å². The van der Waals surface area contributed by atoms with E-state index < -0.39 is 11.8 Å². The highest BCUT2D eigenvalue weighted by atomic mass is 16.6. The van der Waals surface area contributed by atoms with Crippen molar-refractivity contribution < 1.29 is 19.6 Å². The van der Waals surface area contributed by atoms with Crippen LogP contribution in [-0.2, 0) is 17.9 Å². The van der Waals surface area contributed by atoms with Crippen molar-refractivity contribution in [1.29, 1.82) is 0 Å². The fourth-order valence-corrected chi connectivity index (χ4v) is 3.84. The molecule has 7 nitrogen and oxygen atoms in total. The maximum Gasteiger partial charge on any atom is 0.274 e. The van der Waals surface area contributed by atoms with E-state index in [1.54, 1.807) is 5.48 Å². The molecule has 3 aromatic rings. The van der Waals surface area contributed by atoms with Crippen molar-refractivity contribution in [3.8, 4) is 0 Å². The van der Waals surface area contributed by atoms with Crippen LogP contribution in [0.3, 0.4) is 0 Å². The molecule has 2 amide bonds. The molecule has 33 heavy (non-hydrogen) atoms. The van der Waals surface area contributed by atoms with Crippen molar-refractivity contribution in [3.63, 3.8) is 0 Å². The lowest BCUT2D eigenvalue weighted by Gasteiger charge is -2.18. The number of hydrogen-bond donors (Lipinski definition) is 3. The minimum Gasteiger partial charge on any atom is -0.304 e. The molecule has 0 aromatic heterocycles. The van der Waals surface area contributed by atoms with Gasteiger partial charge in [0.15, 0.2) is 0 Å². The largest absolute Gasteiger partial charge is 0.304 e. The van der Waals surface area contributed by atoms with Crippen LogP contribution in [0.15, 0.2) is 60.7 Å². The zero-order chi connectivity index (χ0) is 23.6. The van der Waals surface area contributed by atoms with Crippen LogP contribution in [0.4, 0.5) is 0 Å². The maximum absolute atomic E-state index is 12.4. The van der Waals surface area contributed by atoms with Gasteiger partial charge in [0.05, 0.1) is 0 Å². The molecule has 0 spiro atoms. The summed E-state index contributed by atoms with van der Waals surface area (Å²) in [4.78, 5) is 31.8. The Kier molecular flexibility index (Phi) is 8.95. The molecule has 3 N–H and O–H groups in total. The number of fused-ring (bicyclic) bond motifs is 1. The number of amides is 2. The molecule has 174 valence electrons. The van der Waals surface area contributed by atoms with Gasteiger partial charge in [0, 0.05) is 11.1 Å². The normalized spacial score (nSPS) is 11.0. The Bertz CT molecular complexity index is 1080. The van der Waals surface area contributed by atoms with Crippen LogP contribution in [0.5, 0.6) is 0 Å². The molecule has 7 heteroatoms. The molecule has 3 rings (SSSR count). The molecule has 0 fully saturated rings. The Morgan fingerprint density at radius 2 is 1.61 bits per heavy atom. The fourth-order valence-electron chi connectivity index (χ4n) is 3.84. The summed E-state index contributed by atoms with van der Waals surface area (Å²) >= 11 is 0. The summed E-state index contributed by atoms with van der Waals surface area (Å²) in [6.07, 6.45) is 2.07. The van der Waals surface area contributed by atoms with E-state index in [2.05, 4.69) is 48.5 Å². The number of benzene rings is 3. The first kappa shape index (κ1) is 24.4. The third-order valence-electron chi connectivity index (χ3n) is 5.74. The van der Waals surface area contributed by atoms with Crippen LogP contribution in [0, 0.1) is 0 Å². The number of hydroxylamine groups is 2. The predicted molar refractivity (Wildman–Crippen MR) is 128 cm³/mol. The zero-order valence-electron chi connectivity index (χ0n) is 19.1. The van der Waals surface area contributed by atoms with Crippen molar-refractivity contribution in [3.05, 3.63) is 82.9 Å². The smallest absolute Gasteiger partial charge is 0.274 e. The Labute approximate surface area is 194 Å². The third kappa shape index (κ3) is 6.61. The summed E-state index contributed by atoms with van der Waals surface area (Å²) in [6.45, 7) is 7.79. The lowest BCUT2D eigenvalue weighted by molar-refractivity contribution is 0.0237. The van der Waals surface area contributed by atoms with Gasteiger partial charge in [0.2, 0.25) is 0 Å². The number of hydrogen-bond acceptors (Lipinski definition) is 5. The number of aryl methyl sites for hydroxylation is 1. The van der Waals surface area contributed by atoms with E-state index in [0.29, 0.717) is 5.56 Å². The molecule has 0 heterocycles. The second kappa shape index (κ2) is 12.1. The van der Waals surface area contributed by atoms with E-state index >= 15 is 0 Å². The van der Waals surface area contributed by atoms with Crippen LogP contribution in [-0.4, -0.2) is 41.6 Å². The van der Waals surface area contributed by atoms with E-state index in [9.17, 15) is 9.59 Å². The molecule has 0 aliphatic heterocycles. The first-order chi connectivity index (χ1) is 16.0. The van der Waals surface area contributed by atoms with Gasteiger partial charge in [-0.15, -0.1) is 0 Å². The van der Waals surface area contributed by atoms with Crippen molar-refractivity contribution >= 4 is 22.6 Å². The maximum atomic E-state index is 12.4. The fraction of sp³-hybridized carbons (Fsp3) is 0.308. The average Bonchev–Trinajstić information content (AvgIpc) is 2.86. The van der Waals surface area contributed by atoms with E-state index in [1.165, 1.54) is 29.8 Å². The van der Waals surface area contributed by atoms with E-state index in [1.807, 2.05) is 12.1 Å². The summed E-state index contributed by atoms with van der Waals surface area (Å²) < 4.78 is 0. The van der Waals surface area contributed by atoms with Gasteiger partial charge in [-0.3, -0.25) is 19.6 Å². The summed E-state index contributed by atoms with van der Waals surface area (Å²) in [7, 11) is 0. The number of nitrogens with zero attached hydrogens (tertiary/aromatic N) is 1. The molecular weight excluding hydrogens is 418 g/mol. The SMILES string of the molecule is CCN(CC)CCCc1cc(CONC(=O)c2ccc(C(=O)NO)cc2)c2ccccc2c1. The van der Waals surface area contributed by atoms with Crippen molar-refractivity contribution in [2.45, 2.75) is 33.3 Å². The van der Waals surface area contributed by atoms with E-state index in [4.69, 9.17) is 10.0 Å². The highest BCUT2D eigenvalue weighted by Gasteiger charge is 2.10. The first-order valence-corrected chi connectivity index (χ1v) is 11.2. The summed E-state index contributed by atoms with van der Waals surface area (Å²) in [5.74, 6) is -1.05. The molecule has 0 atom stereocenters. The second-order valence-corrected chi connectivity index (χ2v) is 7.84. The molecule has 0 saturated carbocycles. The first-order valence-electron chi connectivity index (χ1n) is 11.2. The van der Waals surface area contributed by atoms with Crippen molar-refractivity contribution in [2.75, 3.05) is 19.6 Å². The Morgan fingerprint density at radius 3 is 2.27 bits per heavy atom. The molecule has 0 bridgehead atoms. The number of rotatable bonds is 11. The van der Waals surface area contributed by atoms with Crippen LogP contribution >= 0.6 is 0 Å². The monoisotopic (exact) mass is 449 g/mol. The van der Waals surface area contributed by atoms with Gasteiger partial charge in [-0.1, -0.05) is 50.2 Å². The molecule has 0 unspecified atom stereocenters. The van der Waals surface area contributed by atoms with Gasteiger partial charge in [0.1, 0.15) is 6.61 Å². The quantitative estimate of drug-likeness (QED) is 0.303. The molecule has 0 aliphatic rings. The summed E-state index contributed by atoms with van der Waals surface area (Å²) in [5.41, 5.74) is 6.90. The van der Waals surface area contributed by atoms with Gasteiger partial charge in [0.25, 0.3) is 11.8 Å². The lowest BCUT2D eigenvalue weighted by atomic mass is 9.99. The molecular formula is C26H31N3O4.